The van der Waals surface area contributed by atoms with Gasteiger partial charge in [-0.2, -0.15) is 0 Å². The summed E-state index contributed by atoms with van der Waals surface area (Å²) in [6.07, 6.45) is 8.09. The molecule has 0 aromatic rings. The van der Waals surface area contributed by atoms with E-state index in [1.807, 2.05) is 6.92 Å². The summed E-state index contributed by atoms with van der Waals surface area (Å²) in [5.74, 6) is 0.911. The standard InChI is InChI=1S/C20H30N2O3/c1-3-13(2)20(24)25-15-7-9-21-12-14-10-16(18(21)11-15)19(23)22-8-5-4-6-17(14)22/h3,14-18H,4-12H2,1-2H3/b13-3+/t14-,15+,16+,17+,18-/m1/s1. The topological polar surface area (TPSA) is 49.9 Å². The van der Waals surface area contributed by atoms with Crippen LogP contribution in [0.4, 0.5) is 0 Å². The van der Waals surface area contributed by atoms with Crippen LogP contribution < -0.4 is 0 Å². The summed E-state index contributed by atoms with van der Waals surface area (Å²) in [7, 11) is 0. The number of carbonyl (C=O) groups is 2. The predicted molar refractivity (Wildman–Crippen MR) is 94.9 cm³/mol. The normalized spacial score (nSPS) is 38.8. The highest BCUT2D eigenvalue weighted by Gasteiger charge is 2.52. The van der Waals surface area contributed by atoms with Crippen molar-refractivity contribution in [1.82, 2.24) is 9.80 Å². The van der Waals surface area contributed by atoms with E-state index in [1.165, 1.54) is 12.8 Å². The molecule has 4 saturated heterocycles. The van der Waals surface area contributed by atoms with Crippen LogP contribution in [0.15, 0.2) is 11.6 Å². The molecular weight excluding hydrogens is 316 g/mol. The average Bonchev–Trinajstić information content (AvgIpc) is 2.65. The van der Waals surface area contributed by atoms with Crippen molar-refractivity contribution in [2.45, 2.75) is 70.6 Å². The zero-order chi connectivity index (χ0) is 17.6. The zero-order valence-electron chi connectivity index (χ0n) is 15.4. The number of ether oxygens (including phenoxy) is 1. The van der Waals surface area contributed by atoms with Crippen molar-refractivity contribution in [3.05, 3.63) is 11.6 Å². The first kappa shape index (κ1) is 17.1. The van der Waals surface area contributed by atoms with E-state index in [2.05, 4.69) is 9.80 Å². The van der Waals surface area contributed by atoms with Gasteiger partial charge < -0.3 is 9.64 Å². The summed E-state index contributed by atoms with van der Waals surface area (Å²) in [6.45, 7) is 6.66. The number of nitrogens with zero attached hydrogens (tertiary/aromatic N) is 2. The molecule has 4 aliphatic heterocycles. The summed E-state index contributed by atoms with van der Waals surface area (Å²) in [5, 5.41) is 0. The third-order valence-corrected chi connectivity index (χ3v) is 6.92. The molecule has 5 nitrogen and oxygen atoms in total. The smallest absolute Gasteiger partial charge is 0.333 e. The molecule has 5 atom stereocenters. The van der Waals surface area contributed by atoms with Gasteiger partial charge in [0.25, 0.3) is 0 Å². The highest BCUT2D eigenvalue weighted by molar-refractivity contribution is 5.87. The average molecular weight is 346 g/mol. The molecule has 2 bridgehead atoms. The van der Waals surface area contributed by atoms with Crippen LogP contribution in [0.5, 0.6) is 0 Å². The Kier molecular flexibility index (Phi) is 4.61. The fraction of sp³-hybridized carbons (Fsp3) is 0.800. The van der Waals surface area contributed by atoms with Gasteiger partial charge in [-0.1, -0.05) is 6.08 Å². The highest BCUT2D eigenvalue weighted by Crippen LogP contribution is 2.43. The molecule has 1 amide bonds. The van der Waals surface area contributed by atoms with Gasteiger partial charge in [0.05, 0.1) is 5.92 Å². The van der Waals surface area contributed by atoms with Crippen LogP contribution in [0, 0.1) is 11.8 Å². The molecule has 4 rings (SSSR count). The van der Waals surface area contributed by atoms with Crippen LogP contribution in [0.1, 0.15) is 52.4 Å². The van der Waals surface area contributed by atoms with E-state index in [0.29, 0.717) is 23.4 Å². The van der Waals surface area contributed by atoms with E-state index in [-0.39, 0.29) is 24.0 Å². The Hall–Kier alpha value is -1.36. The second-order valence-corrected chi connectivity index (χ2v) is 8.28. The Morgan fingerprint density at radius 3 is 2.80 bits per heavy atom. The maximum atomic E-state index is 13.1. The Labute approximate surface area is 150 Å². The number of carbonyl (C=O) groups excluding carboxylic acids is 2. The van der Waals surface area contributed by atoms with E-state index >= 15 is 0 Å². The Morgan fingerprint density at radius 2 is 2.00 bits per heavy atom. The molecule has 0 N–H and O–H groups in total. The summed E-state index contributed by atoms with van der Waals surface area (Å²) in [6, 6.07) is 0.732. The first-order valence-corrected chi connectivity index (χ1v) is 9.97. The van der Waals surface area contributed by atoms with E-state index in [0.717, 1.165) is 45.3 Å². The summed E-state index contributed by atoms with van der Waals surface area (Å²) in [4.78, 5) is 29.9. The molecule has 4 aliphatic rings. The number of piperidine rings is 4. The second-order valence-electron chi connectivity index (χ2n) is 8.28. The summed E-state index contributed by atoms with van der Waals surface area (Å²) in [5.41, 5.74) is 0.663. The maximum absolute atomic E-state index is 13.1. The van der Waals surface area contributed by atoms with Crippen molar-refractivity contribution in [2.75, 3.05) is 19.6 Å². The minimum absolute atomic E-state index is 0.0490. The Bertz CT molecular complexity index is 587. The van der Waals surface area contributed by atoms with Crippen LogP contribution >= 0.6 is 0 Å². The van der Waals surface area contributed by atoms with E-state index in [4.69, 9.17) is 4.74 Å². The highest BCUT2D eigenvalue weighted by atomic mass is 16.5. The largest absolute Gasteiger partial charge is 0.459 e. The molecule has 0 saturated carbocycles. The maximum Gasteiger partial charge on any atom is 0.333 e. The molecule has 4 fully saturated rings. The molecule has 0 radical (unpaired) electrons. The third-order valence-electron chi connectivity index (χ3n) is 6.92. The van der Waals surface area contributed by atoms with Crippen LogP contribution in [0.3, 0.4) is 0 Å². The van der Waals surface area contributed by atoms with Crippen molar-refractivity contribution in [3.63, 3.8) is 0 Å². The van der Waals surface area contributed by atoms with Crippen LogP contribution in [-0.4, -0.2) is 59.5 Å². The van der Waals surface area contributed by atoms with Crippen molar-refractivity contribution < 1.29 is 14.3 Å². The number of hydrogen-bond donors (Lipinski definition) is 0. The molecule has 0 aromatic carbocycles. The minimum atomic E-state index is -0.208. The van der Waals surface area contributed by atoms with Crippen LogP contribution in [-0.2, 0) is 14.3 Å². The molecular formula is C20H30N2O3. The number of esters is 1. The van der Waals surface area contributed by atoms with Crippen molar-refractivity contribution in [1.29, 1.82) is 0 Å². The third kappa shape index (κ3) is 3.01. The molecule has 25 heavy (non-hydrogen) atoms. The molecule has 0 aromatic heterocycles. The fourth-order valence-electron chi connectivity index (χ4n) is 5.46. The summed E-state index contributed by atoms with van der Waals surface area (Å²) >= 11 is 0. The van der Waals surface area contributed by atoms with Gasteiger partial charge in [-0.15, -0.1) is 0 Å². The molecule has 138 valence electrons. The number of allylic oxidation sites excluding steroid dienone is 1. The lowest BCUT2D eigenvalue weighted by molar-refractivity contribution is -0.164. The lowest BCUT2D eigenvalue weighted by Crippen LogP contribution is -2.66. The first-order chi connectivity index (χ1) is 12.1. The minimum Gasteiger partial charge on any atom is -0.459 e. The van der Waals surface area contributed by atoms with Gasteiger partial charge in [0, 0.05) is 43.7 Å². The van der Waals surface area contributed by atoms with E-state index in [9.17, 15) is 9.59 Å². The van der Waals surface area contributed by atoms with Crippen molar-refractivity contribution in [2.24, 2.45) is 11.8 Å². The predicted octanol–water partition coefficient (Wildman–Crippen LogP) is 2.36. The van der Waals surface area contributed by atoms with Gasteiger partial charge in [0.15, 0.2) is 0 Å². The zero-order valence-corrected chi connectivity index (χ0v) is 15.4. The lowest BCUT2D eigenvalue weighted by atomic mass is 9.70. The van der Waals surface area contributed by atoms with Gasteiger partial charge >= 0.3 is 5.97 Å². The van der Waals surface area contributed by atoms with Crippen molar-refractivity contribution >= 4 is 11.9 Å². The van der Waals surface area contributed by atoms with Crippen LogP contribution in [0.25, 0.3) is 0 Å². The Morgan fingerprint density at radius 1 is 1.16 bits per heavy atom. The molecule has 0 aliphatic carbocycles. The number of hydrogen-bond acceptors (Lipinski definition) is 4. The number of rotatable bonds is 2. The second kappa shape index (κ2) is 6.75. The SMILES string of the molecule is C/C=C(\C)C(=O)O[C@H]1CCN2C[C@H]3C[C@H](C(=O)N4CCCC[C@@H]34)[C@H]2C1. The van der Waals surface area contributed by atoms with Crippen molar-refractivity contribution in [3.8, 4) is 0 Å². The van der Waals surface area contributed by atoms with Gasteiger partial charge in [-0.25, -0.2) is 4.79 Å². The van der Waals surface area contributed by atoms with Gasteiger partial charge in [0.2, 0.25) is 5.91 Å². The molecule has 0 unspecified atom stereocenters. The summed E-state index contributed by atoms with van der Waals surface area (Å²) < 4.78 is 5.71. The van der Waals surface area contributed by atoms with E-state index < -0.39 is 0 Å². The molecule has 5 heteroatoms. The number of fused-ring (bicyclic) bond motifs is 6. The van der Waals surface area contributed by atoms with Gasteiger partial charge in [-0.05, 0) is 51.9 Å². The Balaban J connectivity index is 1.47. The molecule has 4 heterocycles. The van der Waals surface area contributed by atoms with Crippen LogP contribution in [0.2, 0.25) is 0 Å². The van der Waals surface area contributed by atoms with Gasteiger partial charge in [-0.3, -0.25) is 9.69 Å². The lowest BCUT2D eigenvalue weighted by Gasteiger charge is -2.56. The molecule has 0 spiro atoms. The quantitative estimate of drug-likeness (QED) is 0.569. The van der Waals surface area contributed by atoms with E-state index in [1.54, 1.807) is 13.0 Å². The first-order valence-electron chi connectivity index (χ1n) is 9.97. The fourth-order valence-corrected chi connectivity index (χ4v) is 5.46. The number of amides is 1. The monoisotopic (exact) mass is 346 g/mol. The van der Waals surface area contributed by atoms with Gasteiger partial charge in [0.1, 0.15) is 6.10 Å².